The van der Waals surface area contributed by atoms with Crippen molar-refractivity contribution in [3.8, 4) is 11.5 Å². The maximum Gasteiger partial charge on any atom is 0.252 e. The minimum absolute atomic E-state index is 0.0671. The number of carbonyl (C=O) groups excluding carboxylic acids is 2. The van der Waals surface area contributed by atoms with E-state index in [4.69, 9.17) is 11.6 Å². The van der Waals surface area contributed by atoms with Gasteiger partial charge in [0.15, 0.2) is 0 Å². The summed E-state index contributed by atoms with van der Waals surface area (Å²) in [5, 5.41) is 25.6. The summed E-state index contributed by atoms with van der Waals surface area (Å²) in [5.41, 5.74) is 3.07. The van der Waals surface area contributed by atoms with Gasteiger partial charge in [0.25, 0.3) is 5.91 Å². The highest BCUT2D eigenvalue weighted by atomic mass is 35.5. The lowest BCUT2D eigenvalue weighted by atomic mass is 10.2. The zero-order valence-corrected chi connectivity index (χ0v) is 14.5. The molecule has 0 bridgehead atoms. The molecule has 0 spiro atoms. The Morgan fingerprint density at radius 2 is 1.92 bits per heavy atom. The first-order valence-corrected chi connectivity index (χ1v) is 8.22. The van der Waals surface area contributed by atoms with Gasteiger partial charge in [-0.25, -0.2) is 5.43 Å². The Morgan fingerprint density at radius 1 is 1.15 bits per heavy atom. The number of amides is 2. The summed E-state index contributed by atoms with van der Waals surface area (Å²) in [7, 11) is 0. The lowest BCUT2D eigenvalue weighted by Gasteiger charge is -2.06. The van der Waals surface area contributed by atoms with Crippen LogP contribution < -0.4 is 10.7 Å². The van der Waals surface area contributed by atoms with Crippen LogP contribution in [0, 0.1) is 0 Å². The van der Waals surface area contributed by atoms with Crippen LogP contribution in [0.4, 0.5) is 0 Å². The number of hydrazone groups is 1. The highest BCUT2D eigenvalue weighted by molar-refractivity contribution is 6.33. The zero-order chi connectivity index (χ0) is 18.9. The molecule has 0 aliphatic rings. The molecule has 0 radical (unpaired) electrons. The molecule has 0 aromatic heterocycles. The normalized spacial score (nSPS) is 10.7. The third kappa shape index (κ3) is 5.78. The summed E-state index contributed by atoms with van der Waals surface area (Å²) < 4.78 is 0. The maximum absolute atomic E-state index is 11.9. The minimum Gasteiger partial charge on any atom is -0.508 e. The van der Waals surface area contributed by atoms with Gasteiger partial charge in [-0.3, -0.25) is 9.59 Å². The predicted octanol–water partition coefficient (Wildman–Crippen LogP) is 2.41. The van der Waals surface area contributed by atoms with Crippen LogP contribution >= 0.6 is 11.6 Å². The summed E-state index contributed by atoms with van der Waals surface area (Å²) in [6.07, 6.45) is 1.87. The van der Waals surface area contributed by atoms with Crippen LogP contribution in [0.3, 0.4) is 0 Å². The molecule has 0 aliphatic carbocycles. The SMILES string of the molecule is O=C(CCCNC(=O)c1ccccc1Cl)NN=Cc1ccc(O)cc1O. The van der Waals surface area contributed by atoms with Gasteiger partial charge in [0.1, 0.15) is 11.5 Å². The van der Waals surface area contributed by atoms with Crippen LogP contribution in [-0.2, 0) is 4.79 Å². The minimum atomic E-state index is -0.327. The first-order chi connectivity index (χ1) is 12.5. The van der Waals surface area contributed by atoms with Gasteiger partial charge >= 0.3 is 0 Å². The van der Waals surface area contributed by atoms with E-state index in [1.807, 2.05) is 0 Å². The number of nitrogens with zero attached hydrogens (tertiary/aromatic N) is 1. The Hall–Kier alpha value is -3.06. The molecule has 0 unspecified atom stereocenters. The third-order valence-corrected chi connectivity index (χ3v) is 3.72. The standard InChI is InChI=1S/C18H18ClN3O4/c19-15-5-2-1-4-14(15)18(26)20-9-3-6-17(25)22-21-11-12-7-8-13(23)10-16(12)24/h1-2,4-5,7-8,10-11,23-24H,3,6,9H2,(H,20,26)(H,22,25). The van der Waals surface area contributed by atoms with Crippen LogP contribution in [0.25, 0.3) is 0 Å². The van der Waals surface area contributed by atoms with Gasteiger partial charge in [0.05, 0.1) is 16.8 Å². The monoisotopic (exact) mass is 375 g/mol. The Bertz CT molecular complexity index is 824. The number of phenolic OH excluding ortho intramolecular Hbond substituents is 2. The van der Waals surface area contributed by atoms with E-state index in [-0.39, 0.29) is 29.7 Å². The number of hydrogen-bond donors (Lipinski definition) is 4. The molecular formula is C18H18ClN3O4. The number of benzene rings is 2. The second-order valence-electron chi connectivity index (χ2n) is 5.38. The average Bonchev–Trinajstić information content (AvgIpc) is 2.61. The van der Waals surface area contributed by atoms with Crippen LogP contribution in [0.15, 0.2) is 47.6 Å². The van der Waals surface area contributed by atoms with Crippen molar-refractivity contribution < 1.29 is 19.8 Å². The van der Waals surface area contributed by atoms with Gasteiger partial charge < -0.3 is 15.5 Å². The van der Waals surface area contributed by atoms with Gasteiger partial charge in [-0.05, 0) is 30.7 Å². The second-order valence-corrected chi connectivity index (χ2v) is 5.78. The molecule has 4 N–H and O–H groups in total. The molecule has 0 heterocycles. The Balaban J connectivity index is 1.70. The first-order valence-electron chi connectivity index (χ1n) is 7.84. The fourth-order valence-corrected chi connectivity index (χ4v) is 2.28. The van der Waals surface area contributed by atoms with Crippen molar-refractivity contribution >= 4 is 29.6 Å². The molecule has 2 rings (SSSR count). The summed E-state index contributed by atoms with van der Waals surface area (Å²) in [6, 6.07) is 10.7. The Labute approximate surface area is 155 Å². The van der Waals surface area contributed by atoms with Crippen molar-refractivity contribution in [3.05, 3.63) is 58.6 Å². The van der Waals surface area contributed by atoms with E-state index in [1.165, 1.54) is 24.4 Å². The van der Waals surface area contributed by atoms with E-state index in [9.17, 15) is 19.8 Å². The number of carbonyl (C=O) groups is 2. The number of hydrogen-bond acceptors (Lipinski definition) is 5. The number of halogens is 1. The van der Waals surface area contributed by atoms with E-state index in [2.05, 4.69) is 15.8 Å². The highest BCUT2D eigenvalue weighted by Crippen LogP contribution is 2.20. The molecule has 0 saturated carbocycles. The molecule has 8 heteroatoms. The van der Waals surface area contributed by atoms with Crippen molar-refractivity contribution in [3.63, 3.8) is 0 Å². The van der Waals surface area contributed by atoms with E-state index >= 15 is 0 Å². The topological polar surface area (TPSA) is 111 Å². The van der Waals surface area contributed by atoms with Crippen LogP contribution in [0.1, 0.15) is 28.8 Å². The highest BCUT2D eigenvalue weighted by Gasteiger charge is 2.09. The molecule has 0 atom stereocenters. The quantitative estimate of drug-likeness (QED) is 0.338. The number of phenols is 2. The van der Waals surface area contributed by atoms with E-state index in [0.717, 1.165) is 0 Å². The van der Waals surface area contributed by atoms with Crippen molar-refractivity contribution in [1.29, 1.82) is 0 Å². The Kier molecular flexibility index (Phi) is 6.99. The largest absolute Gasteiger partial charge is 0.508 e. The summed E-state index contributed by atoms with van der Waals surface area (Å²) in [5.74, 6) is -0.837. The van der Waals surface area contributed by atoms with Gasteiger partial charge in [0.2, 0.25) is 5.91 Å². The van der Waals surface area contributed by atoms with Crippen LogP contribution in [-0.4, -0.2) is 34.8 Å². The van der Waals surface area contributed by atoms with Crippen molar-refractivity contribution in [2.75, 3.05) is 6.54 Å². The summed E-state index contributed by atoms with van der Waals surface area (Å²) in [4.78, 5) is 23.6. The molecule has 0 fully saturated rings. The lowest BCUT2D eigenvalue weighted by Crippen LogP contribution is -2.26. The molecular weight excluding hydrogens is 358 g/mol. The number of rotatable bonds is 7. The van der Waals surface area contributed by atoms with Gasteiger partial charge in [-0.1, -0.05) is 23.7 Å². The van der Waals surface area contributed by atoms with Crippen molar-refractivity contribution in [2.45, 2.75) is 12.8 Å². The second kappa shape index (κ2) is 9.43. The van der Waals surface area contributed by atoms with E-state index < -0.39 is 0 Å². The summed E-state index contributed by atoms with van der Waals surface area (Å²) in [6.45, 7) is 0.319. The predicted molar refractivity (Wildman–Crippen MR) is 98.5 cm³/mol. The summed E-state index contributed by atoms with van der Waals surface area (Å²) >= 11 is 5.94. The van der Waals surface area contributed by atoms with Gasteiger partial charge in [-0.2, -0.15) is 5.10 Å². The number of aromatic hydroxyl groups is 2. The lowest BCUT2D eigenvalue weighted by molar-refractivity contribution is -0.121. The fraction of sp³-hybridized carbons (Fsp3) is 0.167. The van der Waals surface area contributed by atoms with Crippen LogP contribution in [0.2, 0.25) is 5.02 Å². The van der Waals surface area contributed by atoms with Crippen molar-refractivity contribution in [1.82, 2.24) is 10.7 Å². The molecule has 0 saturated heterocycles. The number of nitrogens with one attached hydrogen (secondary N) is 2. The third-order valence-electron chi connectivity index (χ3n) is 3.39. The first kappa shape index (κ1) is 19.3. The van der Waals surface area contributed by atoms with Crippen molar-refractivity contribution in [2.24, 2.45) is 5.10 Å². The zero-order valence-electron chi connectivity index (χ0n) is 13.8. The van der Waals surface area contributed by atoms with Gasteiger partial charge in [0, 0.05) is 24.6 Å². The molecule has 2 aromatic rings. The van der Waals surface area contributed by atoms with Gasteiger partial charge in [-0.15, -0.1) is 0 Å². The van der Waals surface area contributed by atoms with E-state index in [1.54, 1.807) is 24.3 Å². The van der Waals surface area contributed by atoms with E-state index in [0.29, 0.717) is 29.1 Å². The Morgan fingerprint density at radius 3 is 2.65 bits per heavy atom. The maximum atomic E-state index is 11.9. The molecule has 7 nitrogen and oxygen atoms in total. The molecule has 26 heavy (non-hydrogen) atoms. The molecule has 136 valence electrons. The average molecular weight is 376 g/mol. The molecule has 2 amide bonds. The molecule has 0 aliphatic heterocycles. The van der Waals surface area contributed by atoms with Crippen LogP contribution in [0.5, 0.6) is 11.5 Å². The fourth-order valence-electron chi connectivity index (χ4n) is 2.06. The smallest absolute Gasteiger partial charge is 0.252 e. The molecule has 2 aromatic carbocycles.